The minimum absolute atomic E-state index is 0.237. The third-order valence-corrected chi connectivity index (χ3v) is 3.86. The number of aromatic nitrogens is 1. The van der Waals surface area contributed by atoms with E-state index in [0.29, 0.717) is 17.2 Å². The second kappa shape index (κ2) is 5.63. The Balaban J connectivity index is 2.14. The van der Waals surface area contributed by atoms with Crippen LogP contribution < -0.4 is 5.73 Å². The molecule has 1 unspecified atom stereocenters. The molecule has 102 valence electrons. The summed E-state index contributed by atoms with van der Waals surface area (Å²) in [6, 6.07) is 3.27. The second-order valence-corrected chi connectivity index (χ2v) is 5.57. The van der Waals surface area contributed by atoms with Gasteiger partial charge in [0, 0.05) is 29.2 Å². The molecule has 0 radical (unpaired) electrons. The predicted molar refractivity (Wildman–Crippen MR) is 72.8 cm³/mol. The fraction of sp³-hybridized carbons (Fsp3) is 0.308. The van der Waals surface area contributed by atoms with E-state index >= 15 is 0 Å². The summed E-state index contributed by atoms with van der Waals surface area (Å²) in [5.41, 5.74) is 5.91. The number of halogens is 2. The van der Waals surface area contributed by atoms with Crippen molar-refractivity contribution in [3.8, 4) is 0 Å². The molecular formula is C13H15F2N3S. The minimum Gasteiger partial charge on any atom is -0.375 e. The van der Waals surface area contributed by atoms with E-state index in [4.69, 9.17) is 5.73 Å². The van der Waals surface area contributed by atoms with Gasteiger partial charge in [-0.1, -0.05) is 0 Å². The highest BCUT2D eigenvalue weighted by Crippen LogP contribution is 2.25. The fourth-order valence-corrected chi connectivity index (χ4v) is 2.60. The van der Waals surface area contributed by atoms with Gasteiger partial charge < -0.3 is 5.73 Å². The summed E-state index contributed by atoms with van der Waals surface area (Å²) in [6.07, 6.45) is 1.70. The summed E-state index contributed by atoms with van der Waals surface area (Å²) in [4.78, 5) is 6.88. The van der Waals surface area contributed by atoms with Gasteiger partial charge in [0.15, 0.2) is 5.13 Å². The molecule has 19 heavy (non-hydrogen) atoms. The summed E-state index contributed by atoms with van der Waals surface area (Å²) in [7, 11) is 1.85. The Kier molecular flexibility index (Phi) is 4.11. The molecule has 1 aromatic carbocycles. The number of benzene rings is 1. The van der Waals surface area contributed by atoms with Crippen LogP contribution in [-0.4, -0.2) is 16.9 Å². The first kappa shape index (κ1) is 13.9. The molecule has 1 atom stereocenters. The Bertz CT molecular complexity index is 571. The molecule has 0 amide bonds. The van der Waals surface area contributed by atoms with Gasteiger partial charge in [-0.15, -0.1) is 11.3 Å². The van der Waals surface area contributed by atoms with Crippen LogP contribution in [0.25, 0.3) is 0 Å². The van der Waals surface area contributed by atoms with Crippen LogP contribution in [0, 0.1) is 11.6 Å². The van der Waals surface area contributed by atoms with Crippen molar-refractivity contribution in [2.45, 2.75) is 19.5 Å². The summed E-state index contributed by atoms with van der Waals surface area (Å²) in [5.74, 6) is -0.830. The second-order valence-electron chi connectivity index (χ2n) is 4.42. The van der Waals surface area contributed by atoms with Crippen LogP contribution >= 0.6 is 11.3 Å². The summed E-state index contributed by atoms with van der Waals surface area (Å²) >= 11 is 1.39. The molecule has 2 N–H and O–H groups in total. The van der Waals surface area contributed by atoms with E-state index in [1.54, 1.807) is 6.20 Å². The molecule has 0 spiro atoms. The van der Waals surface area contributed by atoms with Gasteiger partial charge >= 0.3 is 0 Å². The topological polar surface area (TPSA) is 42.2 Å². The number of nitrogens with two attached hydrogens (primary N) is 1. The minimum atomic E-state index is -0.432. The van der Waals surface area contributed by atoms with Crippen molar-refractivity contribution in [2.24, 2.45) is 0 Å². The molecule has 1 aromatic heterocycles. The molecule has 0 saturated carbocycles. The third kappa shape index (κ3) is 3.27. The van der Waals surface area contributed by atoms with E-state index in [1.165, 1.54) is 17.4 Å². The molecule has 0 aliphatic heterocycles. The summed E-state index contributed by atoms with van der Waals surface area (Å²) < 4.78 is 26.9. The normalized spacial score (nSPS) is 12.9. The highest BCUT2D eigenvalue weighted by Gasteiger charge is 2.17. The van der Waals surface area contributed by atoms with Gasteiger partial charge in [0.2, 0.25) is 0 Å². The first-order chi connectivity index (χ1) is 8.97. The zero-order chi connectivity index (χ0) is 14.0. The SMILES string of the molecule is CC(c1cc(F)ccc1F)N(C)Cc1cnc(N)s1. The largest absolute Gasteiger partial charge is 0.375 e. The van der Waals surface area contributed by atoms with Gasteiger partial charge in [0.05, 0.1) is 0 Å². The lowest BCUT2D eigenvalue weighted by molar-refractivity contribution is 0.249. The molecule has 0 bridgehead atoms. The summed E-state index contributed by atoms with van der Waals surface area (Å²) in [5, 5.41) is 0.507. The first-order valence-electron chi connectivity index (χ1n) is 5.82. The van der Waals surface area contributed by atoms with Gasteiger partial charge in [-0.05, 0) is 32.2 Å². The van der Waals surface area contributed by atoms with Crippen LogP contribution in [0.5, 0.6) is 0 Å². The van der Waals surface area contributed by atoms with Crippen molar-refractivity contribution in [1.29, 1.82) is 0 Å². The average Bonchev–Trinajstić information content (AvgIpc) is 2.77. The van der Waals surface area contributed by atoms with Gasteiger partial charge in [0.25, 0.3) is 0 Å². The standard InChI is InChI=1S/C13H15F2N3S/c1-8(11-5-9(14)3-4-12(11)15)18(2)7-10-6-17-13(16)19-10/h3-6,8H,7H2,1-2H3,(H2,16,17). The number of hydrogen-bond acceptors (Lipinski definition) is 4. The van der Waals surface area contributed by atoms with Crippen LogP contribution in [0.2, 0.25) is 0 Å². The molecule has 0 fully saturated rings. The van der Waals surface area contributed by atoms with E-state index in [0.717, 1.165) is 17.0 Å². The van der Waals surface area contributed by atoms with Crippen molar-refractivity contribution in [3.63, 3.8) is 0 Å². The Morgan fingerprint density at radius 3 is 2.79 bits per heavy atom. The molecule has 1 heterocycles. The van der Waals surface area contributed by atoms with Gasteiger partial charge in [-0.2, -0.15) is 0 Å². The quantitative estimate of drug-likeness (QED) is 0.937. The molecule has 0 aliphatic rings. The number of rotatable bonds is 4. The van der Waals surface area contributed by atoms with E-state index in [1.807, 2.05) is 18.9 Å². The lowest BCUT2D eigenvalue weighted by Crippen LogP contribution is -2.22. The lowest BCUT2D eigenvalue weighted by atomic mass is 10.1. The number of hydrogen-bond donors (Lipinski definition) is 1. The molecule has 0 aliphatic carbocycles. The van der Waals surface area contributed by atoms with Crippen molar-refractivity contribution in [2.75, 3.05) is 12.8 Å². The Morgan fingerprint density at radius 1 is 1.42 bits per heavy atom. The first-order valence-corrected chi connectivity index (χ1v) is 6.64. The number of nitrogens with zero attached hydrogens (tertiary/aromatic N) is 2. The number of anilines is 1. The third-order valence-electron chi connectivity index (χ3n) is 3.05. The van der Waals surface area contributed by atoms with Crippen LogP contribution in [0.15, 0.2) is 24.4 Å². The van der Waals surface area contributed by atoms with E-state index in [2.05, 4.69) is 4.98 Å². The van der Waals surface area contributed by atoms with Crippen molar-refractivity contribution >= 4 is 16.5 Å². The smallest absolute Gasteiger partial charge is 0.180 e. The Morgan fingerprint density at radius 2 is 2.16 bits per heavy atom. The maximum absolute atomic E-state index is 13.7. The zero-order valence-electron chi connectivity index (χ0n) is 10.7. The number of nitrogen functional groups attached to an aromatic ring is 1. The molecular weight excluding hydrogens is 268 g/mol. The molecule has 0 saturated heterocycles. The van der Waals surface area contributed by atoms with E-state index < -0.39 is 11.6 Å². The van der Waals surface area contributed by atoms with Gasteiger partial charge in [-0.3, -0.25) is 4.90 Å². The molecule has 3 nitrogen and oxygen atoms in total. The zero-order valence-corrected chi connectivity index (χ0v) is 11.5. The molecule has 2 aromatic rings. The van der Waals surface area contributed by atoms with Crippen molar-refractivity contribution in [1.82, 2.24) is 9.88 Å². The lowest BCUT2D eigenvalue weighted by Gasteiger charge is -2.24. The molecule has 6 heteroatoms. The average molecular weight is 283 g/mol. The van der Waals surface area contributed by atoms with Crippen LogP contribution in [0.4, 0.5) is 13.9 Å². The van der Waals surface area contributed by atoms with Crippen LogP contribution in [0.3, 0.4) is 0 Å². The van der Waals surface area contributed by atoms with Crippen molar-refractivity contribution in [3.05, 3.63) is 46.5 Å². The maximum atomic E-state index is 13.7. The van der Waals surface area contributed by atoms with Gasteiger partial charge in [0.1, 0.15) is 11.6 Å². The Hall–Kier alpha value is -1.53. The van der Waals surface area contributed by atoms with Gasteiger partial charge in [-0.25, -0.2) is 13.8 Å². The van der Waals surface area contributed by atoms with E-state index in [9.17, 15) is 8.78 Å². The Labute approximate surface area is 114 Å². The van der Waals surface area contributed by atoms with Crippen LogP contribution in [0.1, 0.15) is 23.4 Å². The van der Waals surface area contributed by atoms with Crippen LogP contribution in [-0.2, 0) is 6.54 Å². The fourth-order valence-electron chi connectivity index (χ4n) is 1.85. The highest BCUT2D eigenvalue weighted by molar-refractivity contribution is 7.15. The molecule has 2 rings (SSSR count). The summed E-state index contributed by atoms with van der Waals surface area (Å²) in [6.45, 7) is 2.42. The number of thiazole rings is 1. The predicted octanol–water partition coefficient (Wildman–Crippen LogP) is 3.20. The highest BCUT2D eigenvalue weighted by atomic mass is 32.1. The van der Waals surface area contributed by atoms with E-state index in [-0.39, 0.29) is 6.04 Å². The monoisotopic (exact) mass is 283 g/mol. The van der Waals surface area contributed by atoms with Crippen molar-refractivity contribution < 1.29 is 8.78 Å². The maximum Gasteiger partial charge on any atom is 0.180 e.